The standard InChI is InChI=1S/C10H13FN4O5S/c11-21(19,20)5-6-3-8(16)15(4-6)10-12-7(13-14-10)1-2-9(17)18/h6H,1-5H2,(H,17,18)(H,12,13,14). The Labute approximate surface area is 119 Å². The molecule has 1 atom stereocenters. The van der Waals surface area contributed by atoms with Gasteiger partial charge in [-0.3, -0.25) is 19.6 Å². The monoisotopic (exact) mass is 320 g/mol. The molecule has 116 valence electrons. The number of aromatic nitrogens is 3. The van der Waals surface area contributed by atoms with Crippen molar-refractivity contribution in [3.05, 3.63) is 5.82 Å². The van der Waals surface area contributed by atoms with Crippen LogP contribution in [0, 0.1) is 5.92 Å². The van der Waals surface area contributed by atoms with E-state index in [1.54, 1.807) is 0 Å². The second-order valence-corrected chi connectivity index (χ2v) is 6.17. The lowest BCUT2D eigenvalue weighted by Crippen LogP contribution is -2.26. The van der Waals surface area contributed by atoms with Crippen molar-refractivity contribution in [1.29, 1.82) is 0 Å². The van der Waals surface area contributed by atoms with Crippen LogP contribution in [0.25, 0.3) is 0 Å². The minimum atomic E-state index is -4.64. The van der Waals surface area contributed by atoms with Gasteiger partial charge in [0.2, 0.25) is 5.91 Å². The molecule has 2 N–H and O–H groups in total. The highest BCUT2D eigenvalue weighted by atomic mass is 32.3. The summed E-state index contributed by atoms with van der Waals surface area (Å²) in [7, 11) is -4.64. The van der Waals surface area contributed by atoms with Crippen molar-refractivity contribution in [3.8, 4) is 0 Å². The normalized spacial score (nSPS) is 19.2. The number of rotatable bonds is 6. The van der Waals surface area contributed by atoms with E-state index >= 15 is 0 Å². The van der Waals surface area contributed by atoms with E-state index in [0.29, 0.717) is 5.82 Å². The zero-order chi connectivity index (χ0) is 15.6. The average molecular weight is 320 g/mol. The topological polar surface area (TPSA) is 133 Å². The van der Waals surface area contributed by atoms with E-state index in [9.17, 15) is 21.9 Å². The van der Waals surface area contributed by atoms with Gasteiger partial charge < -0.3 is 5.11 Å². The predicted octanol–water partition coefficient (Wildman–Crippen LogP) is -0.526. The Balaban J connectivity index is 2.02. The van der Waals surface area contributed by atoms with Gasteiger partial charge in [0.15, 0.2) is 0 Å². The molecule has 1 saturated heterocycles. The molecule has 2 heterocycles. The molecular formula is C10H13FN4O5S. The number of aromatic amines is 1. The highest BCUT2D eigenvalue weighted by molar-refractivity contribution is 7.86. The van der Waals surface area contributed by atoms with Crippen molar-refractivity contribution < 1.29 is 27.0 Å². The van der Waals surface area contributed by atoms with E-state index in [1.165, 1.54) is 0 Å². The van der Waals surface area contributed by atoms with Crippen LogP contribution in [-0.2, 0) is 26.2 Å². The minimum absolute atomic E-state index is 0.0121. The number of halogens is 1. The Morgan fingerprint density at radius 2 is 2.24 bits per heavy atom. The molecule has 1 amide bonds. The van der Waals surface area contributed by atoms with Gasteiger partial charge in [0.25, 0.3) is 5.95 Å². The molecule has 0 spiro atoms. The van der Waals surface area contributed by atoms with Crippen LogP contribution in [0.3, 0.4) is 0 Å². The maximum atomic E-state index is 12.6. The van der Waals surface area contributed by atoms with Crippen LogP contribution >= 0.6 is 0 Å². The molecule has 2 rings (SSSR count). The average Bonchev–Trinajstić information content (AvgIpc) is 2.91. The summed E-state index contributed by atoms with van der Waals surface area (Å²) in [6, 6.07) is 0. The lowest BCUT2D eigenvalue weighted by molar-refractivity contribution is -0.137. The van der Waals surface area contributed by atoms with Crippen molar-refractivity contribution in [2.24, 2.45) is 5.92 Å². The van der Waals surface area contributed by atoms with Gasteiger partial charge in [0.1, 0.15) is 5.82 Å². The third kappa shape index (κ3) is 4.21. The Hall–Kier alpha value is -2.04. The number of H-pyrrole nitrogens is 1. The zero-order valence-electron chi connectivity index (χ0n) is 10.8. The van der Waals surface area contributed by atoms with Gasteiger partial charge in [0.05, 0.1) is 12.2 Å². The number of anilines is 1. The summed E-state index contributed by atoms with van der Waals surface area (Å²) in [5.74, 6) is -2.40. The highest BCUT2D eigenvalue weighted by Gasteiger charge is 2.35. The fraction of sp³-hybridized carbons (Fsp3) is 0.600. The zero-order valence-corrected chi connectivity index (χ0v) is 11.6. The fourth-order valence-electron chi connectivity index (χ4n) is 2.11. The maximum Gasteiger partial charge on any atom is 0.303 e. The summed E-state index contributed by atoms with van der Waals surface area (Å²) in [6.45, 7) is 0.0121. The van der Waals surface area contributed by atoms with Crippen LogP contribution in [-0.4, -0.2) is 52.9 Å². The SMILES string of the molecule is O=C(O)CCc1nc(N2CC(CS(=O)(=O)F)CC2=O)n[nH]1. The largest absolute Gasteiger partial charge is 0.481 e. The number of amides is 1. The number of nitrogens with one attached hydrogen (secondary N) is 1. The lowest BCUT2D eigenvalue weighted by Gasteiger charge is -2.10. The molecule has 0 aliphatic carbocycles. The Kier molecular flexibility index (Phi) is 4.21. The first-order valence-electron chi connectivity index (χ1n) is 6.10. The summed E-state index contributed by atoms with van der Waals surface area (Å²) in [5, 5.41) is 14.9. The summed E-state index contributed by atoms with van der Waals surface area (Å²) in [5.41, 5.74) is 0. The predicted molar refractivity (Wildman–Crippen MR) is 67.7 cm³/mol. The van der Waals surface area contributed by atoms with Gasteiger partial charge in [-0.05, 0) is 0 Å². The van der Waals surface area contributed by atoms with Crippen LogP contribution in [0.4, 0.5) is 9.83 Å². The Morgan fingerprint density at radius 3 is 2.86 bits per heavy atom. The molecular weight excluding hydrogens is 307 g/mol. The quantitative estimate of drug-likeness (QED) is 0.673. The number of aliphatic carboxylic acids is 1. The molecule has 1 aromatic heterocycles. The maximum absolute atomic E-state index is 12.6. The molecule has 0 radical (unpaired) electrons. The van der Waals surface area contributed by atoms with Crippen molar-refractivity contribution in [1.82, 2.24) is 15.2 Å². The second kappa shape index (κ2) is 5.76. The van der Waals surface area contributed by atoms with E-state index in [0.717, 1.165) is 4.90 Å². The minimum Gasteiger partial charge on any atom is -0.481 e. The fourth-order valence-corrected chi connectivity index (χ4v) is 2.90. The smallest absolute Gasteiger partial charge is 0.303 e. The molecule has 0 saturated carbocycles. The molecule has 1 unspecified atom stereocenters. The second-order valence-electron chi connectivity index (χ2n) is 4.76. The van der Waals surface area contributed by atoms with Crippen LogP contribution < -0.4 is 4.90 Å². The molecule has 1 aromatic rings. The Morgan fingerprint density at radius 1 is 1.52 bits per heavy atom. The molecule has 1 aliphatic heterocycles. The van der Waals surface area contributed by atoms with Crippen LogP contribution in [0.5, 0.6) is 0 Å². The first-order chi connectivity index (χ1) is 9.74. The number of carbonyl (C=O) groups is 2. The van der Waals surface area contributed by atoms with Gasteiger partial charge in [-0.1, -0.05) is 0 Å². The van der Waals surface area contributed by atoms with Gasteiger partial charge in [-0.15, -0.1) is 8.98 Å². The van der Waals surface area contributed by atoms with Crippen molar-refractivity contribution in [2.75, 3.05) is 17.2 Å². The third-order valence-electron chi connectivity index (χ3n) is 2.98. The van der Waals surface area contributed by atoms with E-state index < -0.39 is 33.8 Å². The Bertz CT molecular complexity index is 658. The molecule has 0 aromatic carbocycles. The van der Waals surface area contributed by atoms with E-state index in [4.69, 9.17) is 5.11 Å². The number of carboxylic acids is 1. The van der Waals surface area contributed by atoms with Crippen LogP contribution in [0.2, 0.25) is 0 Å². The van der Waals surface area contributed by atoms with E-state index in [-0.39, 0.29) is 31.8 Å². The summed E-state index contributed by atoms with van der Waals surface area (Å²) in [6.07, 6.45) is -0.0971. The van der Waals surface area contributed by atoms with Crippen molar-refractivity contribution in [2.45, 2.75) is 19.3 Å². The van der Waals surface area contributed by atoms with Gasteiger partial charge in [-0.25, -0.2) is 0 Å². The first kappa shape index (κ1) is 15.4. The summed E-state index contributed by atoms with van der Waals surface area (Å²) in [4.78, 5) is 27.4. The van der Waals surface area contributed by atoms with E-state index in [1.807, 2.05) is 0 Å². The number of nitrogens with zero attached hydrogens (tertiary/aromatic N) is 3. The number of hydrogen-bond donors (Lipinski definition) is 2. The van der Waals surface area contributed by atoms with Crippen LogP contribution in [0.1, 0.15) is 18.7 Å². The number of carboxylic acid groups (broad SMARTS) is 1. The molecule has 9 nitrogen and oxygen atoms in total. The number of carbonyl (C=O) groups excluding carboxylic acids is 1. The molecule has 1 fully saturated rings. The van der Waals surface area contributed by atoms with Gasteiger partial charge >= 0.3 is 16.2 Å². The summed E-state index contributed by atoms with van der Waals surface area (Å²) >= 11 is 0. The molecule has 21 heavy (non-hydrogen) atoms. The van der Waals surface area contributed by atoms with E-state index in [2.05, 4.69) is 15.2 Å². The van der Waals surface area contributed by atoms with Crippen molar-refractivity contribution in [3.63, 3.8) is 0 Å². The van der Waals surface area contributed by atoms with Crippen molar-refractivity contribution >= 4 is 28.0 Å². The van der Waals surface area contributed by atoms with Gasteiger partial charge in [-0.2, -0.15) is 13.4 Å². The number of hydrogen-bond acceptors (Lipinski definition) is 6. The molecule has 11 heteroatoms. The lowest BCUT2D eigenvalue weighted by atomic mass is 10.1. The molecule has 1 aliphatic rings. The highest BCUT2D eigenvalue weighted by Crippen LogP contribution is 2.23. The number of aryl methyl sites for hydroxylation is 1. The molecule has 0 bridgehead atoms. The third-order valence-corrected chi connectivity index (χ3v) is 3.85. The van der Waals surface area contributed by atoms with Gasteiger partial charge in [0, 0.05) is 25.3 Å². The summed E-state index contributed by atoms with van der Waals surface area (Å²) < 4.78 is 33.8. The van der Waals surface area contributed by atoms with Crippen LogP contribution in [0.15, 0.2) is 0 Å². The first-order valence-corrected chi connectivity index (χ1v) is 7.65.